The van der Waals surface area contributed by atoms with Crippen molar-refractivity contribution in [3.8, 4) is 0 Å². The number of ketones is 1. The van der Waals surface area contributed by atoms with Gasteiger partial charge in [0.25, 0.3) is 0 Å². The van der Waals surface area contributed by atoms with E-state index in [1.54, 1.807) is 11.3 Å². The Morgan fingerprint density at radius 3 is 2.94 bits per heavy atom. The number of nitrogens with two attached hydrogens (primary N) is 1. The lowest BCUT2D eigenvalue weighted by Crippen LogP contribution is -2.50. The van der Waals surface area contributed by atoms with Crippen LogP contribution in [-0.4, -0.2) is 11.3 Å². The van der Waals surface area contributed by atoms with Gasteiger partial charge in [0.05, 0.1) is 5.54 Å². The normalized spacial score (nSPS) is 30.3. The Hall–Kier alpha value is -0.670. The molecule has 88 valence electrons. The van der Waals surface area contributed by atoms with Crippen LogP contribution < -0.4 is 5.73 Å². The Morgan fingerprint density at radius 1 is 1.62 bits per heavy atom. The van der Waals surface area contributed by atoms with Crippen molar-refractivity contribution in [1.29, 1.82) is 0 Å². The third-order valence-corrected chi connectivity index (χ3v) is 4.34. The lowest BCUT2D eigenvalue weighted by molar-refractivity contribution is 0.0820. The van der Waals surface area contributed by atoms with Gasteiger partial charge in [0.2, 0.25) is 0 Å². The number of rotatable bonds is 2. The summed E-state index contributed by atoms with van der Waals surface area (Å²) in [5, 5.41) is 1.94. The fourth-order valence-corrected chi connectivity index (χ4v) is 3.33. The van der Waals surface area contributed by atoms with E-state index in [1.807, 2.05) is 18.4 Å². The van der Waals surface area contributed by atoms with Crippen LogP contribution in [0.15, 0.2) is 11.4 Å². The van der Waals surface area contributed by atoms with Crippen molar-refractivity contribution in [2.75, 3.05) is 0 Å². The molecule has 2 rings (SSSR count). The maximum Gasteiger partial charge on any atom is 0.183 e. The molecule has 1 heterocycles. The molecule has 1 aliphatic carbocycles. The van der Waals surface area contributed by atoms with Crippen LogP contribution in [-0.2, 0) is 0 Å². The van der Waals surface area contributed by atoms with Gasteiger partial charge in [-0.25, -0.2) is 0 Å². The number of hydrogen-bond acceptors (Lipinski definition) is 3. The van der Waals surface area contributed by atoms with Crippen LogP contribution >= 0.6 is 11.3 Å². The molecule has 1 aliphatic rings. The van der Waals surface area contributed by atoms with Crippen molar-refractivity contribution in [2.45, 2.75) is 45.1 Å². The number of carbonyl (C=O) groups excluding carboxylic acids is 1. The Labute approximate surface area is 101 Å². The molecular formula is C13H19NOS. The third-order valence-electron chi connectivity index (χ3n) is 3.48. The van der Waals surface area contributed by atoms with Crippen LogP contribution in [0.2, 0.25) is 0 Å². The number of carbonyl (C=O) groups is 1. The van der Waals surface area contributed by atoms with E-state index in [4.69, 9.17) is 5.73 Å². The molecule has 0 bridgehead atoms. The van der Waals surface area contributed by atoms with Crippen molar-refractivity contribution in [3.05, 3.63) is 21.9 Å². The van der Waals surface area contributed by atoms with Gasteiger partial charge in [-0.2, -0.15) is 0 Å². The summed E-state index contributed by atoms with van der Waals surface area (Å²) in [5.41, 5.74) is 6.49. The zero-order valence-electron chi connectivity index (χ0n) is 9.95. The Balaban J connectivity index is 2.20. The van der Waals surface area contributed by atoms with E-state index in [-0.39, 0.29) is 5.78 Å². The highest BCUT2D eigenvalue weighted by molar-refractivity contribution is 7.10. The summed E-state index contributed by atoms with van der Waals surface area (Å²) in [6.07, 6.45) is 3.95. The molecule has 2 atom stereocenters. The zero-order chi connectivity index (χ0) is 11.8. The van der Waals surface area contributed by atoms with Crippen molar-refractivity contribution in [3.63, 3.8) is 0 Å². The zero-order valence-corrected chi connectivity index (χ0v) is 10.8. The molecule has 2 nitrogen and oxygen atoms in total. The molecule has 3 heteroatoms. The molecule has 0 amide bonds. The van der Waals surface area contributed by atoms with Gasteiger partial charge in [-0.15, -0.1) is 11.3 Å². The van der Waals surface area contributed by atoms with E-state index in [2.05, 4.69) is 6.92 Å². The molecule has 0 saturated heterocycles. The van der Waals surface area contributed by atoms with Gasteiger partial charge in [-0.1, -0.05) is 19.8 Å². The third kappa shape index (κ3) is 2.20. The van der Waals surface area contributed by atoms with Gasteiger partial charge < -0.3 is 5.73 Å². The smallest absolute Gasteiger partial charge is 0.183 e. The van der Waals surface area contributed by atoms with E-state index in [0.29, 0.717) is 5.92 Å². The summed E-state index contributed by atoms with van der Waals surface area (Å²) in [4.78, 5) is 13.5. The van der Waals surface area contributed by atoms with Crippen molar-refractivity contribution >= 4 is 17.1 Å². The predicted octanol–water partition coefficient (Wildman–Crippen LogP) is 3.15. The van der Waals surface area contributed by atoms with Crippen molar-refractivity contribution in [2.24, 2.45) is 11.7 Å². The molecule has 16 heavy (non-hydrogen) atoms. The lowest BCUT2D eigenvalue weighted by Gasteiger charge is -2.35. The summed E-state index contributed by atoms with van der Waals surface area (Å²) in [5.74, 6) is 0.714. The molecule has 2 unspecified atom stereocenters. The average Bonchev–Trinajstić information content (AvgIpc) is 2.63. The lowest BCUT2D eigenvalue weighted by atomic mass is 9.73. The van der Waals surface area contributed by atoms with Crippen LogP contribution in [0, 0.1) is 12.8 Å². The van der Waals surface area contributed by atoms with Crippen LogP contribution in [0.3, 0.4) is 0 Å². The number of Topliss-reactive ketones (excluding diaryl/α,β-unsaturated/α-hetero) is 1. The Morgan fingerprint density at radius 2 is 2.38 bits per heavy atom. The van der Waals surface area contributed by atoms with E-state index in [0.717, 1.165) is 24.8 Å². The molecule has 1 aromatic heterocycles. The number of aryl methyl sites for hydroxylation is 1. The molecule has 1 saturated carbocycles. The second kappa shape index (κ2) is 4.30. The van der Waals surface area contributed by atoms with Gasteiger partial charge >= 0.3 is 0 Å². The summed E-state index contributed by atoms with van der Waals surface area (Å²) in [7, 11) is 0. The van der Waals surface area contributed by atoms with E-state index in [1.165, 1.54) is 11.3 Å². The molecular weight excluding hydrogens is 218 g/mol. The predicted molar refractivity (Wildman–Crippen MR) is 67.9 cm³/mol. The van der Waals surface area contributed by atoms with Crippen LogP contribution in [0.25, 0.3) is 0 Å². The largest absolute Gasteiger partial charge is 0.319 e. The standard InChI is InChI=1S/C13H19NOS/c1-9-4-3-5-13(14,7-9)12(15)11-6-10(2)16-8-11/h6,8-9H,3-5,7,14H2,1-2H3. The van der Waals surface area contributed by atoms with Gasteiger partial charge in [-0.3, -0.25) is 4.79 Å². The number of hydrogen-bond donors (Lipinski definition) is 1. The van der Waals surface area contributed by atoms with Crippen LogP contribution in [0.5, 0.6) is 0 Å². The fourth-order valence-electron chi connectivity index (χ4n) is 2.65. The van der Waals surface area contributed by atoms with Crippen molar-refractivity contribution < 1.29 is 4.79 Å². The van der Waals surface area contributed by atoms with Gasteiger partial charge in [0.15, 0.2) is 5.78 Å². The minimum atomic E-state index is -0.606. The summed E-state index contributed by atoms with van der Waals surface area (Å²) >= 11 is 1.62. The number of thiophene rings is 1. The summed E-state index contributed by atoms with van der Waals surface area (Å²) in [6, 6.07) is 1.96. The molecule has 1 aromatic rings. The van der Waals surface area contributed by atoms with Crippen LogP contribution in [0.1, 0.15) is 47.8 Å². The highest BCUT2D eigenvalue weighted by Crippen LogP contribution is 2.33. The molecule has 1 fully saturated rings. The van der Waals surface area contributed by atoms with Gasteiger partial charge in [0.1, 0.15) is 0 Å². The van der Waals surface area contributed by atoms with E-state index < -0.39 is 5.54 Å². The van der Waals surface area contributed by atoms with E-state index in [9.17, 15) is 4.79 Å². The van der Waals surface area contributed by atoms with Crippen LogP contribution in [0.4, 0.5) is 0 Å². The highest BCUT2D eigenvalue weighted by Gasteiger charge is 2.38. The van der Waals surface area contributed by atoms with Crippen molar-refractivity contribution in [1.82, 2.24) is 0 Å². The minimum absolute atomic E-state index is 0.142. The maximum atomic E-state index is 12.4. The monoisotopic (exact) mass is 237 g/mol. The first-order valence-electron chi connectivity index (χ1n) is 5.90. The first-order chi connectivity index (χ1) is 7.51. The Bertz CT molecular complexity index is 398. The quantitative estimate of drug-likeness (QED) is 0.803. The topological polar surface area (TPSA) is 43.1 Å². The summed E-state index contributed by atoms with van der Waals surface area (Å²) in [6.45, 7) is 4.21. The SMILES string of the molecule is Cc1cc(C(=O)C2(N)CCCC(C)C2)cs1. The fraction of sp³-hybridized carbons (Fsp3) is 0.615. The minimum Gasteiger partial charge on any atom is -0.319 e. The summed E-state index contributed by atoms with van der Waals surface area (Å²) < 4.78 is 0. The molecule has 0 aromatic carbocycles. The molecule has 0 spiro atoms. The average molecular weight is 237 g/mol. The van der Waals surface area contributed by atoms with Gasteiger partial charge in [-0.05, 0) is 31.7 Å². The first kappa shape index (κ1) is 11.8. The molecule has 0 aliphatic heterocycles. The van der Waals surface area contributed by atoms with Gasteiger partial charge in [0, 0.05) is 15.8 Å². The van der Waals surface area contributed by atoms with E-state index >= 15 is 0 Å². The molecule has 2 N–H and O–H groups in total. The first-order valence-corrected chi connectivity index (χ1v) is 6.78. The second-order valence-electron chi connectivity index (χ2n) is 5.13. The maximum absolute atomic E-state index is 12.4. The Kier molecular flexibility index (Phi) is 3.17. The highest BCUT2D eigenvalue weighted by atomic mass is 32.1. The molecule has 0 radical (unpaired) electrons. The second-order valence-corrected chi connectivity index (χ2v) is 6.25.